The second-order valence-electron chi connectivity index (χ2n) is 4.36. The number of amides is 2. The van der Waals surface area contributed by atoms with Gasteiger partial charge in [-0.15, -0.1) is 0 Å². The van der Waals surface area contributed by atoms with Gasteiger partial charge in [0.2, 0.25) is 0 Å². The Bertz CT molecular complexity index is 469. The van der Waals surface area contributed by atoms with Crippen LogP contribution in [-0.4, -0.2) is 24.5 Å². The molecule has 20 heavy (non-hydrogen) atoms. The Morgan fingerprint density at radius 3 is 2.50 bits per heavy atom. The van der Waals surface area contributed by atoms with E-state index in [9.17, 15) is 9.59 Å². The van der Waals surface area contributed by atoms with Gasteiger partial charge in [-0.3, -0.25) is 9.59 Å². The summed E-state index contributed by atoms with van der Waals surface area (Å²) in [5, 5.41) is 5.13. The van der Waals surface area contributed by atoms with Crippen LogP contribution in [0.5, 0.6) is 5.75 Å². The highest BCUT2D eigenvalue weighted by atomic mass is 16.5. The van der Waals surface area contributed by atoms with Crippen LogP contribution in [0.1, 0.15) is 20.3 Å². The van der Waals surface area contributed by atoms with Crippen LogP contribution < -0.4 is 15.4 Å². The minimum Gasteiger partial charge on any atom is -0.490 e. The van der Waals surface area contributed by atoms with Gasteiger partial charge in [-0.1, -0.05) is 19.6 Å². The third-order valence-electron chi connectivity index (χ3n) is 2.68. The molecule has 0 aromatic heterocycles. The predicted octanol–water partition coefficient (Wildman–Crippen LogP) is 2.10. The Morgan fingerprint density at radius 1 is 1.30 bits per heavy atom. The van der Waals surface area contributed by atoms with Crippen molar-refractivity contribution in [2.24, 2.45) is 0 Å². The first-order valence-corrected chi connectivity index (χ1v) is 6.52. The molecule has 0 aliphatic carbocycles. The predicted molar refractivity (Wildman–Crippen MR) is 78.7 cm³/mol. The van der Waals surface area contributed by atoms with Gasteiger partial charge in [0.05, 0.1) is 0 Å². The summed E-state index contributed by atoms with van der Waals surface area (Å²) in [6.07, 6.45) is 2.42. The van der Waals surface area contributed by atoms with Gasteiger partial charge in [0.1, 0.15) is 12.4 Å². The molecule has 1 atom stereocenters. The van der Waals surface area contributed by atoms with Crippen LogP contribution in [0.4, 0.5) is 5.69 Å². The fourth-order valence-corrected chi connectivity index (χ4v) is 1.37. The molecule has 2 amide bonds. The van der Waals surface area contributed by atoms with Crippen LogP contribution in [-0.2, 0) is 9.59 Å². The van der Waals surface area contributed by atoms with Gasteiger partial charge >= 0.3 is 11.8 Å². The molecule has 5 nitrogen and oxygen atoms in total. The maximum absolute atomic E-state index is 11.7. The normalized spacial score (nSPS) is 11.3. The Hall–Kier alpha value is -2.30. The number of nitrogens with one attached hydrogen (secondary N) is 2. The molecule has 1 aromatic carbocycles. The number of rotatable bonds is 6. The van der Waals surface area contributed by atoms with E-state index >= 15 is 0 Å². The van der Waals surface area contributed by atoms with Crippen molar-refractivity contribution in [3.8, 4) is 5.75 Å². The van der Waals surface area contributed by atoms with Gasteiger partial charge in [-0.25, -0.2) is 0 Å². The molecular weight excluding hydrogens is 256 g/mol. The van der Waals surface area contributed by atoms with Crippen molar-refractivity contribution in [3.63, 3.8) is 0 Å². The number of carbonyl (C=O) groups excluding carboxylic acids is 2. The van der Waals surface area contributed by atoms with Gasteiger partial charge < -0.3 is 15.4 Å². The lowest BCUT2D eigenvalue weighted by Crippen LogP contribution is -2.40. The third-order valence-corrected chi connectivity index (χ3v) is 2.68. The summed E-state index contributed by atoms with van der Waals surface area (Å²) >= 11 is 0. The Morgan fingerprint density at radius 2 is 1.95 bits per heavy atom. The van der Waals surface area contributed by atoms with E-state index in [0.717, 1.165) is 6.42 Å². The molecule has 0 aliphatic heterocycles. The zero-order valence-corrected chi connectivity index (χ0v) is 11.8. The van der Waals surface area contributed by atoms with E-state index in [1.54, 1.807) is 30.3 Å². The van der Waals surface area contributed by atoms with Gasteiger partial charge in [-0.05, 0) is 37.6 Å². The largest absolute Gasteiger partial charge is 0.490 e. The smallest absolute Gasteiger partial charge is 0.313 e. The Labute approximate surface area is 119 Å². The highest BCUT2D eigenvalue weighted by Crippen LogP contribution is 2.15. The number of benzene rings is 1. The first-order valence-electron chi connectivity index (χ1n) is 6.52. The molecule has 5 heteroatoms. The van der Waals surface area contributed by atoms with Gasteiger partial charge in [0, 0.05) is 11.7 Å². The molecule has 2 N–H and O–H groups in total. The van der Waals surface area contributed by atoms with Crippen LogP contribution in [0, 0.1) is 0 Å². The summed E-state index contributed by atoms with van der Waals surface area (Å²) in [7, 11) is 0. The van der Waals surface area contributed by atoms with E-state index < -0.39 is 11.8 Å². The first-order chi connectivity index (χ1) is 9.56. The fourth-order valence-electron chi connectivity index (χ4n) is 1.37. The zero-order chi connectivity index (χ0) is 15.0. The molecule has 0 radical (unpaired) electrons. The summed E-state index contributed by atoms with van der Waals surface area (Å²) in [6.45, 7) is 7.76. The summed E-state index contributed by atoms with van der Waals surface area (Å²) < 4.78 is 5.32. The van der Waals surface area contributed by atoms with Crippen molar-refractivity contribution >= 4 is 17.5 Å². The molecule has 1 aromatic rings. The molecular formula is C15H20N2O3. The van der Waals surface area contributed by atoms with Crippen LogP contribution in [0.3, 0.4) is 0 Å². The second kappa shape index (κ2) is 7.99. The quantitative estimate of drug-likeness (QED) is 0.617. The number of ether oxygens (including phenoxy) is 1. The molecule has 0 spiro atoms. The molecule has 0 saturated heterocycles. The molecule has 108 valence electrons. The van der Waals surface area contributed by atoms with Gasteiger partial charge in [0.25, 0.3) is 0 Å². The lowest BCUT2D eigenvalue weighted by Gasteiger charge is -2.11. The van der Waals surface area contributed by atoms with Gasteiger partial charge in [-0.2, -0.15) is 0 Å². The highest BCUT2D eigenvalue weighted by molar-refractivity contribution is 6.39. The van der Waals surface area contributed by atoms with Crippen LogP contribution >= 0.6 is 0 Å². The summed E-state index contributed by atoms with van der Waals surface area (Å²) in [4.78, 5) is 23.2. The number of hydrogen-bond acceptors (Lipinski definition) is 3. The summed E-state index contributed by atoms with van der Waals surface area (Å²) in [5.74, 6) is -0.636. The number of anilines is 1. The standard InChI is InChI=1S/C15H20N2O3/c1-4-10-20-13-8-6-12(7-9-13)17-15(19)14(18)16-11(3)5-2/h4,6-9,11H,1,5,10H2,2-3H3,(H,16,18)(H,17,19). The maximum Gasteiger partial charge on any atom is 0.313 e. The Balaban J connectivity index is 2.53. The van der Waals surface area contributed by atoms with Crippen molar-refractivity contribution in [1.82, 2.24) is 5.32 Å². The summed E-state index contributed by atoms with van der Waals surface area (Å²) in [5.41, 5.74) is 0.542. The highest BCUT2D eigenvalue weighted by Gasteiger charge is 2.15. The topological polar surface area (TPSA) is 67.4 Å². The zero-order valence-electron chi connectivity index (χ0n) is 11.8. The van der Waals surface area contributed by atoms with E-state index in [0.29, 0.717) is 18.0 Å². The molecule has 0 fully saturated rings. The van der Waals surface area contributed by atoms with E-state index in [1.807, 2.05) is 13.8 Å². The minimum atomic E-state index is -0.676. The average Bonchev–Trinajstić information content (AvgIpc) is 2.46. The average molecular weight is 276 g/mol. The molecule has 1 unspecified atom stereocenters. The summed E-state index contributed by atoms with van der Waals surface area (Å²) in [6, 6.07) is 6.75. The van der Waals surface area contributed by atoms with Crippen LogP contribution in [0.25, 0.3) is 0 Å². The van der Waals surface area contributed by atoms with E-state index in [2.05, 4.69) is 17.2 Å². The molecule has 0 aliphatic rings. The SMILES string of the molecule is C=CCOc1ccc(NC(=O)C(=O)NC(C)CC)cc1. The Kier molecular flexibility index (Phi) is 6.29. The van der Waals surface area contributed by atoms with Crippen molar-refractivity contribution in [3.05, 3.63) is 36.9 Å². The number of carbonyl (C=O) groups is 2. The number of hydrogen-bond donors (Lipinski definition) is 2. The maximum atomic E-state index is 11.7. The lowest BCUT2D eigenvalue weighted by molar-refractivity contribution is -0.136. The van der Waals surface area contributed by atoms with E-state index in [1.165, 1.54) is 0 Å². The molecule has 0 heterocycles. The monoisotopic (exact) mass is 276 g/mol. The van der Waals surface area contributed by atoms with Crippen LogP contribution in [0.2, 0.25) is 0 Å². The fraction of sp³-hybridized carbons (Fsp3) is 0.333. The van der Waals surface area contributed by atoms with E-state index in [4.69, 9.17) is 4.74 Å². The second-order valence-corrected chi connectivity index (χ2v) is 4.36. The first kappa shape index (κ1) is 15.8. The molecule has 0 saturated carbocycles. The molecule has 1 rings (SSSR count). The van der Waals surface area contributed by atoms with Crippen molar-refractivity contribution in [1.29, 1.82) is 0 Å². The third kappa shape index (κ3) is 5.14. The van der Waals surface area contributed by atoms with Gasteiger partial charge in [0.15, 0.2) is 0 Å². The van der Waals surface area contributed by atoms with E-state index in [-0.39, 0.29) is 6.04 Å². The molecule has 0 bridgehead atoms. The minimum absolute atomic E-state index is 0.0251. The van der Waals surface area contributed by atoms with Crippen LogP contribution in [0.15, 0.2) is 36.9 Å². The lowest BCUT2D eigenvalue weighted by atomic mass is 10.2. The van der Waals surface area contributed by atoms with Crippen molar-refractivity contribution < 1.29 is 14.3 Å². The van der Waals surface area contributed by atoms with Crippen molar-refractivity contribution in [2.45, 2.75) is 26.3 Å². The van der Waals surface area contributed by atoms with Crippen molar-refractivity contribution in [2.75, 3.05) is 11.9 Å².